The Bertz CT molecular complexity index is 458. The molecule has 18 heavy (non-hydrogen) atoms. The van der Waals surface area contributed by atoms with Crippen LogP contribution in [0.4, 0.5) is 17.1 Å². The molecule has 2 N–H and O–H groups in total. The number of amides is 1. The summed E-state index contributed by atoms with van der Waals surface area (Å²) in [5.74, 6) is -0.172. The molecule has 0 atom stereocenters. The highest BCUT2D eigenvalue weighted by molar-refractivity contribution is 5.91. The second kappa shape index (κ2) is 6.00. The summed E-state index contributed by atoms with van der Waals surface area (Å²) >= 11 is 0. The van der Waals surface area contributed by atoms with Crippen molar-refractivity contribution in [3.63, 3.8) is 0 Å². The fraction of sp³-hybridized carbons (Fsp3) is 0.417. The zero-order valence-corrected chi connectivity index (χ0v) is 10.7. The molecule has 1 rings (SSSR count). The lowest BCUT2D eigenvalue weighted by Crippen LogP contribution is -2.13. The van der Waals surface area contributed by atoms with E-state index < -0.39 is 4.92 Å². The van der Waals surface area contributed by atoms with Crippen molar-refractivity contribution >= 4 is 23.0 Å². The minimum atomic E-state index is -0.466. The molecule has 0 aromatic heterocycles. The smallest absolute Gasteiger partial charge is 0.294 e. The summed E-state index contributed by atoms with van der Waals surface area (Å²) in [5, 5.41) is 16.6. The summed E-state index contributed by atoms with van der Waals surface area (Å²) in [5.41, 5.74) is 0.838. The summed E-state index contributed by atoms with van der Waals surface area (Å²) in [6.07, 6.45) is 0.333. The van der Waals surface area contributed by atoms with E-state index in [9.17, 15) is 14.9 Å². The van der Waals surface area contributed by atoms with E-state index >= 15 is 0 Å². The molecule has 0 aliphatic rings. The van der Waals surface area contributed by atoms with Crippen LogP contribution in [0, 0.1) is 10.1 Å². The quantitative estimate of drug-likeness (QED) is 0.622. The molecule has 1 amide bonds. The van der Waals surface area contributed by atoms with Crippen LogP contribution in [-0.4, -0.2) is 16.9 Å². The Morgan fingerprint density at radius 1 is 1.44 bits per heavy atom. The van der Waals surface area contributed by atoms with E-state index in [2.05, 4.69) is 10.6 Å². The molecular weight excluding hydrogens is 234 g/mol. The van der Waals surface area contributed by atoms with Crippen LogP contribution in [-0.2, 0) is 4.79 Å². The predicted octanol–water partition coefficient (Wildman–Crippen LogP) is 2.76. The number of carbonyl (C=O) groups excluding carboxylic acids is 1. The van der Waals surface area contributed by atoms with E-state index in [1.165, 1.54) is 6.07 Å². The van der Waals surface area contributed by atoms with E-state index in [1.807, 2.05) is 13.8 Å². The van der Waals surface area contributed by atoms with Crippen molar-refractivity contribution in [1.82, 2.24) is 0 Å². The maximum Gasteiger partial charge on any atom is 0.294 e. The van der Waals surface area contributed by atoms with Gasteiger partial charge < -0.3 is 10.6 Å². The summed E-state index contributed by atoms with van der Waals surface area (Å²) in [7, 11) is 0. The first-order valence-corrected chi connectivity index (χ1v) is 5.78. The van der Waals surface area contributed by atoms with Crippen molar-refractivity contribution in [2.24, 2.45) is 0 Å². The molecule has 0 radical (unpaired) electrons. The fourth-order valence-corrected chi connectivity index (χ4v) is 1.44. The zero-order valence-electron chi connectivity index (χ0n) is 10.7. The average Bonchev–Trinajstić information content (AvgIpc) is 2.30. The first kappa shape index (κ1) is 14.0. The molecule has 1 aromatic rings. The second-order valence-corrected chi connectivity index (χ2v) is 4.19. The molecule has 6 nitrogen and oxygen atoms in total. The number of anilines is 2. The molecule has 6 heteroatoms. The van der Waals surface area contributed by atoms with E-state index in [1.54, 1.807) is 19.1 Å². The summed E-state index contributed by atoms with van der Waals surface area (Å²) in [6.45, 7) is 5.52. The maximum atomic E-state index is 11.2. The monoisotopic (exact) mass is 251 g/mol. The van der Waals surface area contributed by atoms with Gasteiger partial charge in [0.2, 0.25) is 5.91 Å². The van der Waals surface area contributed by atoms with E-state index in [4.69, 9.17) is 0 Å². The van der Waals surface area contributed by atoms with Gasteiger partial charge in [-0.25, -0.2) is 0 Å². The van der Waals surface area contributed by atoms with Crippen LogP contribution in [0.5, 0.6) is 0 Å². The van der Waals surface area contributed by atoms with Gasteiger partial charge in [-0.3, -0.25) is 14.9 Å². The molecule has 0 aliphatic heterocycles. The third kappa shape index (κ3) is 3.73. The van der Waals surface area contributed by atoms with E-state index in [0.717, 1.165) is 0 Å². The Morgan fingerprint density at radius 3 is 2.61 bits per heavy atom. The standard InChI is InChI=1S/C12H17N3O3/c1-4-12(16)14-9-5-6-10(13-8(2)3)11(7-9)15(17)18/h5-8,13H,4H2,1-3H3,(H,14,16). The molecule has 0 saturated heterocycles. The molecule has 0 unspecified atom stereocenters. The molecule has 0 fully saturated rings. The first-order valence-electron chi connectivity index (χ1n) is 5.78. The molecule has 98 valence electrons. The van der Waals surface area contributed by atoms with Gasteiger partial charge in [-0.05, 0) is 26.0 Å². The van der Waals surface area contributed by atoms with Crippen LogP contribution < -0.4 is 10.6 Å². The lowest BCUT2D eigenvalue weighted by atomic mass is 10.2. The number of carbonyl (C=O) groups is 1. The Hall–Kier alpha value is -2.11. The number of nitro benzene ring substituents is 1. The highest BCUT2D eigenvalue weighted by Gasteiger charge is 2.15. The van der Waals surface area contributed by atoms with E-state index in [0.29, 0.717) is 17.8 Å². The maximum absolute atomic E-state index is 11.2. The Balaban J connectivity index is 3.03. The van der Waals surface area contributed by atoms with Crippen LogP contribution in [0.3, 0.4) is 0 Å². The number of rotatable bonds is 5. The number of benzene rings is 1. The lowest BCUT2D eigenvalue weighted by Gasteiger charge is -2.11. The van der Waals surface area contributed by atoms with Gasteiger partial charge in [-0.1, -0.05) is 6.92 Å². The van der Waals surface area contributed by atoms with Crippen LogP contribution in [0.1, 0.15) is 27.2 Å². The van der Waals surface area contributed by atoms with Crippen molar-refractivity contribution in [2.75, 3.05) is 10.6 Å². The molecule has 0 saturated carbocycles. The van der Waals surface area contributed by atoms with Gasteiger partial charge >= 0.3 is 0 Å². The van der Waals surface area contributed by atoms with Gasteiger partial charge in [0.15, 0.2) is 0 Å². The largest absolute Gasteiger partial charge is 0.377 e. The summed E-state index contributed by atoms with van der Waals surface area (Å²) in [6, 6.07) is 4.70. The van der Waals surface area contributed by atoms with Gasteiger partial charge in [-0.2, -0.15) is 0 Å². The van der Waals surface area contributed by atoms with Gasteiger partial charge in [0.1, 0.15) is 5.69 Å². The van der Waals surface area contributed by atoms with Crippen LogP contribution in [0.15, 0.2) is 18.2 Å². The number of nitrogens with zero attached hydrogens (tertiary/aromatic N) is 1. The third-order valence-electron chi connectivity index (χ3n) is 2.24. The highest BCUT2D eigenvalue weighted by atomic mass is 16.6. The minimum Gasteiger partial charge on any atom is -0.377 e. The van der Waals surface area contributed by atoms with Gasteiger partial charge in [0.05, 0.1) is 4.92 Å². The Kier molecular flexibility index (Phi) is 4.65. The van der Waals surface area contributed by atoms with Gasteiger partial charge in [0.25, 0.3) is 5.69 Å². The van der Waals surface area contributed by atoms with Gasteiger partial charge in [0, 0.05) is 24.2 Å². The number of hydrogen-bond acceptors (Lipinski definition) is 4. The second-order valence-electron chi connectivity index (χ2n) is 4.19. The minimum absolute atomic E-state index is 0.0439. The number of nitrogens with one attached hydrogen (secondary N) is 2. The third-order valence-corrected chi connectivity index (χ3v) is 2.24. The van der Waals surface area contributed by atoms with Crippen molar-refractivity contribution in [2.45, 2.75) is 33.2 Å². The van der Waals surface area contributed by atoms with Crippen molar-refractivity contribution in [1.29, 1.82) is 0 Å². The van der Waals surface area contributed by atoms with Gasteiger partial charge in [-0.15, -0.1) is 0 Å². The SMILES string of the molecule is CCC(=O)Nc1ccc(NC(C)C)c([N+](=O)[O-])c1. The average molecular weight is 251 g/mol. The number of nitro groups is 1. The summed E-state index contributed by atoms with van der Waals surface area (Å²) in [4.78, 5) is 21.7. The molecular formula is C12H17N3O3. The Labute approximate surface area is 106 Å². The molecule has 0 heterocycles. The molecule has 1 aromatic carbocycles. The molecule has 0 aliphatic carbocycles. The van der Waals surface area contributed by atoms with Crippen molar-refractivity contribution in [3.05, 3.63) is 28.3 Å². The van der Waals surface area contributed by atoms with E-state index in [-0.39, 0.29) is 17.6 Å². The lowest BCUT2D eigenvalue weighted by molar-refractivity contribution is -0.383. The first-order chi connectivity index (χ1) is 8.43. The normalized spacial score (nSPS) is 10.2. The predicted molar refractivity (Wildman–Crippen MR) is 70.8 cm³/mol. The fourth-order valence-electron chi connectivity index (χ4n) is 1.44. The molecule has 0 spiro atoms. The van der Waals surface area contributed by atoms with Crippen LogP contribution in [0.2, 0.25) is 0 Å². The molecule has 0 bridgehead atoms. The summed E-state index contributed by atoms with van der Waals surface area (Å²) < 4.78 is 0. The van der Waals surface area contributed by atoms with Crippen LogP contribution in [0.25, 0.3) is 0 Å². The van der Waals surface area contributed by atoms with Crippen LogP contribution >= 0.6 is 0 Å². The number of hydrogen-bond donors (Lipinski definition) is 2. The zero-order chi connectivity index (χ0) is 13.7. The highest BCUT2D eigenvalue weighted by Crippen LogP contribution is 2.28. The van der Waals surface area contributed by atoms with Crippen molar-refractivity contribution in [3.8, 4) is 0 Å². The van der Waals surface area contributed by atoms with Crippen molar-refractivity contribution < 1.29 is 9.72 Å². The Morgan fingerprint density at radius 2 is 2.11 bits per heavy atom. The topological polar surface area (TPSA) is 84.3 Å².